The van der Waals surface area contributed by atoms with Crippen LogP contribution in [0.5, 0.6) is 0 Å². The molecule has 760 valence electrons. The quantitative estimate of drug-likeness (QED) is 0.0165. The first kappa shape index (κ1) is 110. The number of fused-ring (bicyclic) bond motifs is 16. The van der Waals surface area contributed by atoms with Gasteiger partial charge in [-0.3, -0.25) is 0 Å². The van der Waals surface area contributed by atoms with Crippen LogP contribution in [0, 0.1) is 71.7 Å². The Balaban J connectivity index is 0.000000171. The Morgan fingerprint density at radius 1 is 0.252 bits per heavy atom. The first-order chi connectivity index (χ1) is 69.4. The molecule has 0 unspecified atom stereocenters. The fourth-order valence-electron chi connectivity index (χ4n) is 21.3. The molecule has 0 saturated heterocycles. The van der Waals surface area contributed by atoms with Crippen molar-refractivity contribution in [3.8, 4) is 51.5 Å². The largest absolute Gasteiger partial charge is 0.203 e. The van der Waals surface area contributed by atoms with Crippen molar-refractivity contribution in [3.63, 3.8) is 0 Å². The molecular formula is C122H146Br2F4N4S10Sn. The minimum Gasteiger partial charge on any atom is -0.203 e. The molecule has 18 rings (SSSR count). The van der Waals surface area contributed by atoms with Crippen LogP contribution in [0.2, 0.25) is 14.8 Å². The molecule has 0 aliphatic carbocycles. The van der Waals surface area contributed by atoms with E-state index in [-0.39, 0.29) is 22.3 Å². The zero-order valence-electron chi connectivity index (χ0n) is 87.0. The van der Waals surface area contributed by atoms with Crippen LogP contribution in [0.1, 0.15) is 344 Å². The minimum absolute atomic E-state index is 0.177. The molecule has 10 aromatic heterocycles. The second-order valence-electron chi connectivity index (χ2n) is 41.8. The minimum atomic E-state index is -2.21. The van der Waals surface area contributed by atoms with Crippen molar-refractivity contribution in [1.82, 2.24) is 17.5 Å². The number of nitrogens with zero attached hydrogens (tertiary/aromatic N) is 4. The molecule has 18 aromatic rings. The van der Waals surface area contributed by atoms with Crippen molar-refractivity contribution in [2.45, 2.75) is 373 Å². The summed E-state index contributed by atoms with van der Waals surface area (Å²) in [6, 6.07) is 37.7. The van der Waals surface area contributed by atoms with Crippen molar-refractivity contribution in [2.24, 2.45) is 0 Å². The molecule has 0 N–H and O–H groups in total. The Morgan fingerprint density at radius 2 is 0.517 bits per heavy atom. The maximum absolute atomic E-state index is 16.6. The summed E-state index contributed by atoms with van der Waals surface area (Å²) >= 11 is 20.4. The summed E-state index contributed by atoms with van der Waals surface area (Å²) in [4.78, 5) is 16.6. The fraction of sp³-hybridized carbons (Fsp3) is 0.475. The van der Waals surface area contributed by atoms with Gasteiger partial charge in [0.05, 0.1) is 53.3 Å². The van der Waals surface area contributed by atoms with Crippen molar-refractivity contribution >= 4 is 273 Å². The zero-order valence-corrected chi connectivity index (χ0v) is 101. The molecule has 0 saturated carbocycles. The molecule has 10 heterocycles. The van der Waals surface area contributed by atoms with E-state index in [1.54, 1.807) is 35.4 Å². The van der Waals surface area contributed by atoms with E-state index in [2.05, 4.69) is 197 Å². The molecular weight excluding hydrogens is 2200 g/mol. The molecule has 0 atom stereocenters. The molecule has 8 aromatic carbocycles. The summed E-state index contributed by atoms with van der Waals surface area (Å²) < 4.78 is 90.0. The monoisotopic (exact) mass is 2340 g/mol. The summed E-state index contributed by atoms with van der Waals surface area (Å²) in [5, 5.41) is 17.3. The number of hydrogen-bond acceptors (Lipinski definition) is 14. The molecule has 0 bridgehead atoms. The maximum atomic E-state index is 16.6. The summed E-state index contributed by atoms with van der Waals surface area (Å²) in [7, 11) is 0. The number of benzene rings is 8. The average molecular weight is 2340 g/mol. The summed E-state index contributed by atoms with van der Waals surface area (Å²) in [6.45, 7) is 23.7. The maximum Gasteiger partial charge on any atom is 0.170 e. The van der Waals surface area contributed by atoms with E-state index in [0.29, 0.717) is 41.6 Å². The van der Waals surface area contributed by atoms with Crippen LogP contribution >= 0.6 is 146 Å². The van der Waals surface area contributed by atoms with Gasteiger partial charge in [0.1, 0.15) is 22.1 Å². The predicted molar refractivity (Wildman–Crippen MR) is 645 cm³/mol. The van der Waals surface area contributed by atoms with E-state index in [1.807, 2.05) is 86.0 Å². The Hall–Kier alpha value is -5.44. The van der Waals surface area contributed by atoms with Gasteiger partial charge in [0.2, 0.25) is 0 Å². The Bertz CT molecular complexity index is 7230. The standard InChI is InChI=1S/C60H70F2N2S5.C43H59S2.C16H8Br2F2N2S3.3CH3.Sn/c1-7-9-11-13-15-17-19-21-23-25-27-41-34-47-43(59-45(41)33-39(5)65-59)29-30-44-48(47)35-42(28-26-24-22-20-18-16-14-12-10-8-2)46-36-51(68-60(44)46)58-38(4)32-50(67-58)53-55(62)54(61)52(56-57(53)64-69-63-56)49-31-37(3)40(6)66-49;1-4-6-8-10-12-14-16-18-20-22-24-34-31-40-37(42-36(34)28-29-44-42)26-27-38-41(40)32-35(39-30-33(3)45-43(38)39)25-23-21-19-17-15-13-11-9-7-5-2;1-5-3-7(23-15(5)17)9-11(19)12(20)10(14-13(9)21-25-22-14)8-4-6(2)16(18)24-8;;;;/h29-36H,7-28H2,1-6H3;26-28,30-32H,4-25H2,1-3H3;3-4H,1-2H3;3*1H3;. The van der Waals surface area contributed by atoms with Gasteiger partial charge in [0.15, 0.2) is 23.3 Å². The van der Waals surface area contributed by atoms with Crippen molar-refractivity contribution in [2.75, 3.05) is 0 Å². The van der Waals surface area contributed by atoms with E-state index < -0.39 is 41.6 Å². The van der Waals surface area contributed by atoms with E-state index >= 15 is 17.6 Å². The number of thiophene rings is 8. The molecule has 0 spiro atoms. The third-order valence-electron chi connectivity index (χ3n) is 29.5. The van der Waals surface area contributed by atoms with Crippen LogP contribution in [-0.2, 0) is 25.7 Å². The number of unbranched alkanes of at least 4 members (excludes halogenated alkanes) is 36. The first-order valence-corrected chi connectivity index (χ1v) is 73.6. The van der Waals surface area contributed by atoms with Crippen molar-refractivity contribution in [3.05, 3.63) is 187 Å². The molecule has 0 radical (unpaired) electrons. The molecule has 21 heteroatoms. The number of aryl methyl sites for hydroxylation is 11. The fourth-order valence-corrected chi connectivity index (χ4v) is 37.8. The van der Waals surface area contributed by atoms with Gasteiger partial charge < -0.3 is 0 Å². The topological polar surface area (TPSA) is 51.6 Å². The number of hydrogen-bond donors (Lipinski definition) is 0. The average Bonchev–Trinajstić information content (AvgIpc) is 1.65. The van der Waals surface area contributed by atoms with Crippen LogP contribution in [0.3, 0.4) is 0 Å². The normalized spacial score (nSPS) is 12.2. The summed E-state index contributed by atoms with van der Waals surface area (Å²) in [5.41, 5.74) is 12.6. The zero-order chi connectivity index (χ0) is 101. The first-order valence-electron chi connectivity index (χ1n) is 54.0. The number of halogens is 6. The number of rotatable bonds is 50. The van der Waals surface area contributed by atoms with Gasteiger partial charge in [-0.1, -0.05) is 220 Å². The second-order valence-corrected chi connectivity index (χ2v) is 70.0. The summed E-state index contributed by atoms with van der Waals surface area (Å²) in [6.07, 6.45) is 59.3. The molecule has 143 heavy (non-hydrogen) atoms. The summed E-state index contributed by atoms with van der Waals surface area (Å²) in [5.74, 6) is -3.47. The number of aromatic nitrogens is 4. The van der Waals surface area contributed by atoms with Gasteiger partial charge in [0, 0.05) is 59.2 Å². The van der Waals surface area contributed by atoms with Crippen LogP contribution in [0.4, 0.5) is 17.6 Å². The third kappa shape index (κ3) is 26.3. The second kappa shape index (κ2) is 52.5. The Morgan fingerprint density at radius 3 is 0.811 bits per heavy atom. The van der Waals surface area contributed by atoms with E-state index in [1.165, 1.54) is 403 Å². The Labute approximate surface area is 910 Å². The van der Waals surface area contributed by atoms with Gasteiger partial charge in [0.25, 0.3) is 0 Å². The van der Waals surface area contributed by atoms with Gasteiger partial charge in [-0.2, -0.15) is 17.5 Å². The molecule has 0 aliphatic rings. The third-order valence-corrected chi connectivity index (χ3v) is 51.4. The van der Waals surface area contributed by atoms with E-state index in [0.717, 1.165) is 75.9 Å². The predicted octanol–water partition coefficient (Wildman–Crippen LogP) is 45.8. The van der Waals surface area contributed by atoms with Gasteiger partial charge in [-0.25, -0.2) is 17.6 Å². The molecule has 0 fully saturated rings. The van der Waals surface area contributed by atoms with Gasteiger partial charge in [-0.05, 0) is 203 Å². The smallest absolute Gasteiger partial charge is 0.170 e. The van der Waals surface area contributed by atoms with Gasteiger partial charge in [-0.15, -0.1) is 68.0 Å². The van der Waals surface area contributed by atoms with E-state index in [9.17, 15) is 0 Å². The van der Waals surface area contributed by atoms with Crippen LogP contribution < -0.4 is 2.89 Å². The SMILES string of the molecule is CCCCCCCCCCCCc1cc2c3cc(CCCCCCCCCCCC)c4c[c]([Sn]([CH3])([CH3])[CH3])sc4c3ccc2c2sc(C)cc12.CCCCCCCCCCCCc1cc2c3cc(CCCCCCCCCCCC)c4cc(-c5sc(-c6c(F)c(F)c(-c7cc(C)c(C)s7)c7nsnc67)cc5C)sc4c3ccc2c2sc(C)cc12.Cc1cc(-c2c(F)c(F)c(-c3cc(C)c(Br)s3)c3nsnc23)sc1Br. The van der Waals surface area contributed by atoms with Crippen LogP contribution in [-0.4, -0.2) is 35.9 Å². The molecule has 0 amide bonds. The molecule has 0 aliphatic heterocycles. The van der Waals surface area contributed by atoms with Crippen molar-refractivity contribution in [1.29, 1.82) is 0 Å². The van der Waals surface area contributed by atoms with Crippen LogP contribution in [0.15, 0.2) is 105 Å². The Kier molecular flexibility index (Phi) is 40.5. The van der Waals surface area contributed by atoms with E-state index in [4.69, 9.17) is 0 Å². The van der Waals surface area contributed by atoms with Crippen LogP contribution in [0.25, 0.3) is 157 Å². The van der Waals surface area contributed by atoms with Gasteiger partial charge >= 0.3 is 237 Å². The van der Waals surface area contributed by atoms with Crippen molar-refractivity contribution < 1.29 is 17.6 Å². The molecule has 4 nitrogen and oxygen atoms in total.